The predicted molar refractivity (Wildman–Crippen MR) is 105 cm³/mol. The molecule has 0 radical (unpaired) electrons. The quantitative estimate of drug-likeness (QED) is 0.688. The van der Waals surface area contributed by atoms with Crippen LogP contribution in [0.4, 0.5) is 0 Å². The molecule has 0 saturated heterocycles. The van der Waals surface area contributed by atoms with E-state index in [2.05, 4.69) is 23.3 Å². The SMILES string of the molecule is Cc1ccccc1OCCNC(=O)Cc1c(C)nc2ccccc2c1C. The number of carbonyl (C=O) groups is 1. The summed E-state index contributed by atoms with van der Waals surface area (Å²) in [7, 11) is 0. The van der Waals surface area contributed by atoms with Gasteiger partial charge in [0.05, 0.1) is 18.5 Å². The van der Waals surface area contributed by atoms with Crippen molar-refractivity contribution in [2.24, 2.45) is 0 Å². The number of fused-ring (bicyclic) bond motifs is 1. The number of aromatic nitrogens is 1. The predicted octanol–water partition coefficient (Wildman–Crippen LogP) is 3.90. The third kappa shape index (κ3) is 4.02. The molecule has 0 atom stereocenters. The van der Waals surface area contributed by atoms with E-state index in [0.717, 1.165) is 39.0 Å². The fourth-order valence-corrected chi connectivity index (χ4v) is 3.12. The smallest absolute Gasteiger partial charge is 0.224 e. The molecular weight excluding hydrogens is 324 g/mol. The average Bonchev–Trinajstić information content (AvgIpc) is 2.63. The minimum absolute atomic E-state index is 0.0123. The van der Waals surface area contributed by atoms with Crippen molar-refractivity contribution in [1.29, 1.82) is 0 Å². The Labute approximate surface area is 154 Å². The Morgan fingerprint density at radius 1 is 1.04 bits per heavy atom. The molecule has 1 N–H and O–H groups in total. The van der Waals surface area contributed by atoms with Gasteiger partial charge in [0, 0.05) is 11.1 Å². The van der Waals surface area contributed by atoms with Gasteiger partial charge in [0.15, 0.2) is 0 Å². The molecule has 3 aromatic rings. The first-order valence-corrected chi connectivity index (χ1v) is 8.86. The minimum Gasteiger partial charge on any atom is -0.491 e. The molecule has 2 aromatic carbocycles. The normalized spacial score (nSPS) is 10.7. The summed E-state index contributed by atoms with van der Waals surface area (Å²) in [5.41, 5.74) is 5.10. The van der Waals surface area contributed by atoms with Crippen molar-refractivity contribution in [3.8, 4) is 5.75 Å². The molecule has 3 rings (SSSR count). The Morgan fingerprint density at radius 2 is 1.77 bits per heavy atom. The highest BCUT2D eigenvalue weighted by Gasteiger charge is 2.12. The molecule has 4 heteroatoms. The maximum absolute atomic E-state index is 12.3. The van der Waals surface area contributed by atoms with Crippen LogP contribution in [0.5, 0.6) is 5.75 Å². The van der Waals surface area contributed by atoms with Gasteiger partial charge >= 0.3 is 0 Å². The number of benzene rings is 2. The Bertz CT molecular complexity index is 935. The highest BCUT2D eigenvalue weighted by atomic mass is 16.5. The third-order valence-corrected chi connectivity index (χ3v) is 4.60. The van der Waals surface area contributed by atoms with E-state index in [1.807, 2.05) is 56.3 Å². The summed E-state index contributed by atoms with van der Waals surface area (Å²) in [6.45, 7) is 6.95. The van der Waals surface area contributed by atoms with E-state index in [1.54, 1.807) is 0 Å². The van der Waals surface area contributed by atoms with E-state index in [4.69, 9.17) is 4.74 Å². The molecule has 1 heterocycles. The van der Waals surface area contributed by atoms with Crippen LogP contribution in [-0.2, 0) is 11.2 Å². The summed E-state index contributed by atoms with van der Waals surface area (Å²) in [5.74, 6) is 0.842. The zero-order valence-electron chi connectivity index (χ0n) is 15.5. The average molecular weight is 348 g/mol. The van der Waals surface area contributed by atoms with E-state index in [1.165, 1.54) is 0 Å². The van der Waals surface area contributed by atoms with Crippen LogP contribution in [0, 0.1) is 20.8 Å². The molecule has 0 bridgehead atoms. The van der Waals surface area contributed by atoms with Gasteiger partial charge in [0.2, 0.25) is 5.91 Å². The van der Waals surface area contributed by atoms with Gasteiger partial charge in [-0.25, -0.2) is 0 Å². The monoisotopic (exact) mass is 348 g/mol. The fourth-order valence-electron chi connectivity index (χ4n) is 3.12. The topological polar surface area (TPSA) is 51.2 Å². The van der Waals surface area contributed by atoms with Gasteiger partial charge in [-0.15, -0.1) is 0 Å². The van der Waals surface area contributed by atoms with Crippen molar-refractivity contribution in [2.75, 3.05) is 13.2 Å². The van der Waals surface area contributed by atoms with E-state index >= 15 is 0 Å². The van der Waals surface area contributed by atoms with Crippen LogP contribution in [0.15, 0.2) is 48.5 Å². The molecule has 1 amide bonds. The van der Waals surface area contributed by atoms with Gasteiger partial charge in [-0.1, -0.05) is 36.4 Å². The number of pyridine rings is 1. The number of hydrogen-bond donors (Lipinski definition) is 1. The molecule has 1 aromatic heterocycles. The summed E-state index contributed by atoms with van der Waals surface area (Å²) in [4.78, 5) is 17.0. The highest BCUT2D eigenvalue weighted by Crippen LogP contribution is 2.22. The lowest BCUT2D eigenvalue weighted by Crippen LogP contribution is -2.30. The van der Waals surface area contributed by atoms with Crippen LogP contribution in [-0.4, -0.2) is 24.0 Å². The summed E-state index contributed by atoms with van der Waals surface area (Å²) in [6, 6.07) is 15.9. The second-order valence-corrected chi connectivity index (χ2v) is 6.46. The number of nitrogens with one attached hydrogen (secondary N) is 1. The molecule has 0 spiro atoms. The molecule has 0 aliphatic heterocycles. The van der Waals surface area contributed by atoms with Crippen molar-refractivity contribution in [2.45, 2.75) is 27.2 Å². The number of para-hydroxylation sites is 2. The zero-order chi connectivity index (χ0) is 18.5. The van der Waals surface area contributed by atoms with Gasteiger partial charge in [-0.2, -0.15) is 0 Å². The van der Waals surface area contributed by atoms with Crippen molar-refractivity contribution in [3.63, 3.8) is 0 Å². The van der Waals surface area contributed by atoms with Crippen molar-refractivity contribution in [3.05, 3.63) is 70.9 Å². The molecule has 4 nitrogen and oxygen atoms in total. The number of nitrogens with zero attached hydrogens (tertiary/aromatic N) is 1. The minimum atomic E-state index is -0.0123. The number of aryl methyl sites for hydroxylation is 3. The Balaban J connectivity index is 1.58. The van der Waals surface area contributed by atoms with Gasteiger partial charge < -0.3 is 10.1 Å². The van der Waals surface area contributed by atoms with E-state index in [0.29, 0.717) is 19.6 Å². The van der Waals surface area contributed by atoms with Gasteiger partial charge in [-0.05, 0) is 49.6 Å². The third-order valence-electron chi connectivity index (χ3n) is 4.60. The van der Waals surface area contributed by atoms with Crippen molar-refractivity contribution in [1.82, 2.24) is 10.3 Å². The van der Waals surface area contributed by atoms with Crippen LogP contribution >= 0.6 is 0 Å². The lowest BCUT2D eigenvalue weighted by atomic mass is 9.99. The number of rotatable bonds is 6. The van der Waals surface area contributed by atoms with E-state index in [-0.39, 0.29) is 5.91 Å². The Morgan fingerprint density at radius 3 is 2.58 bits per heavy atom. The maximum Gasteiger partial charge on any atom is 0.224 e. The molecule has 0 aliphatic rings. The Hall–Kier alpha value is -2.88. The summed E-state index contributed by atoms with van der Waals surface area (Å²) >= 11 is 0. The molecule has 26 heavy (non-hydrogen) atoms. The standard InChI is InChI=1S/C22H24N2O2/c1-15-8-4-7-11-21(15)26-13-12-23-22(25)14-19-16(2)18-9-5-6-10-20(18)24-17(19)3/h4-11H,12-14H2,1-3H3,(H,23,25). The molecule has 0 saturated carbocycles. The summed E-state index contributed by atoms with van der Waals surface area (Å²) < 4.78 is 5.72. The summed E-state index contributed by atoms with van der Waals surface area (Å²) in [5, 5.41) is 4.03. The van der Waals surface area contributed by atoms with Crippen LogP contribution in [0.1, 0.15) is 22.4 Å². The molecule has 0 unspecified atom stereocenters. The largest absolute Gasteiger partial charge is 0.491 e. The van der Waals surface area contributed by atoms with Gasteiger partial charge in [0.25, 0.3) is 0 Å². The van der Waals surface area contributed by atoms with Crippen molar-refractivity contribution < 1.29 is 9.53 Å². The van der Waals surface area contributed by atoms with E-state index < -0.39 is 0 Å². The molecular formula is C22H24N2O2. The second-order valence-electron chi connectivity index (χ2n) is 6.46. The Kier molecular flexibility index (Phi) is 5.52. The number of hydrogen-bond acceptors (Lipinski definition) is 3. The number of ether oxygens (including phenoxy) is 1. The van der Waals surface area contributed by atoms with Gasteiger partial charge in [0.1, 0.15) is 12.4 Å². The second kappa shape index (κ2) is 8.00. The lowest BCUT2D eigenvalue weighted by molar-refractivity contribution is -0.120. The van der Waals surface area contributed by atoms with Crippen LogP contribution in [0.3, 0.4) is 0 Å². The van der Waals surface area contributed by atoms with Crippen LogP contribution in [0.25, 0.3) is 10.9 Å². The lowest BCUT2D eigenvalue weighted by Gasteiger charge is -2.13. The number of carbonyl (C=O) groups excluding carboxylic acids is 1. The maximum atomic E-state index is 12.3. The van der Waals surface area contributed by atoms with E-state index in [9.17, 15) is 4.79 Å². The van der Waals surface area contributed by atoms with Crippen molar-refractivity contribution >= 4 is 16.8 Å². The molecule has 0 fully saturated rings. The molecule has 0 aliphatic carbocycles. The fraction of sp³-hybridized carbons (Fsp3) is 0.273. The van der Waals surface area contributed by atoms with Crippen LogP contribution < -0.4 is 10.1 Å². The number of amides is 1. The first kappa shape index (κ1) is 17.9. The summed E-state index contributed by atoms with van der Waals surface area (Å²) in [6.07, 6.45) is 0.333. The zero-order valence-corrected chi connectivity index (χ0v) is 15.5. The van der Waals surface area contributed by atoms with Gasteiger partial charge in [-0.3, -0.25) is 9.78 Å². The highest BCUT2D eigenvalue weighted by molar-refractivity contribution is 5.86. The first-order chi connectivity index (χ1) is 12.6. The first-order valence-electron chi connectivity index (χ1n) is 8.86. The van der Waals surface area contributed by atoms with Crippen LogP contribution in [0.2, 0.25) is 0 Å². The molecule has 134 valence electrons.